The smallest absolute Gasteiger partial charge is 0.421 e. The van der Waals surface area contributed by atoms with Crippen LogP contribution >= 0.6 is 11.8 Å². The van der Waals surface area contributed by atoms with Crippen LogP contribution in [0.15, 0.2) is 17.4 Å². The Morgan fingerprint density at radius 2 is 2.05 bits per heavy atom. The summed E-state index contributed by atoms with van der Waals surface area (Å²) in [5, 5.41) is 6.84. The molecule has 2 saturated heterocycles. The molecule has 4 rings (SSSR count). The molecule has 11 nitrogen and oxygen atoms in total. The van der Waals surface area contributed by atoms with Crippen LogP contribution in [0.4, 0.5) is 29.7 Å². The number of cyclic esters (lactones) is 1. The molecule has 37 heavy (non-hydrogen) atoms. The number of thioether (sulfide) groups is 1. The number of rotatable bonds is 9. The molecule has 1 unspecified atom stereocenters. The van der Waals surface area contributed by atoms with Gasteiger partial charge in [0, 0.05) is 37.3 Å². The van der Waals surface area contributed by atoms with Crippen molar-refractivity contribution in [2.45, 2.75) is 43.3 Å². The molecule has 1 aromatic rings. The number of piperidine rings is 1. The van der Waals surface area contributed by atoms with E-state index in [1.807, 2.05) is 11.9 Å². The van der Waals surface area contributed by atoms with Gasteiger partial charge < -0.3 is 35.8 Å². The fourth-order valence-corrected chi connectivity index (χ4v) is 5.51. The third-order valence-corrected chi connectivity index (χ3v) is 7.53. The minimum absolute atomic E-state index is 0.0370. The molecular formula is C22H31F3N8O3S. The van der Waals surface area contributed by atoms with E-state index in [0.29, 0.717) is 31.9 Å². The van der Waals surface area contributed by atoms with Crippen molar-refractivity contribution in [3.05, 3.63) is 23.0 Å². The Morgan fingerprint density at radius 3 is 2.73 bits per heavy atom. The second-order valence-corrected chi connectivity index (χ2v) is 10.1. The maximum absolute atomic E-state index is 13.6. The van der Waals surface area contributed by atoms with Crippen molar-refractivity contribution in [1.82, 2.24) is 24.7 Å². The van der Waals surface area contributed by atoms with Gasteiger partial charge in [-0.15, -0.1) is 0 Å². The van der Waals surface area contributed by atoms with E-state index < -0.39 is 29.1 Å². The summed E-state index contributed by atoms with van der Waals surface area (Å²) in [6.07, 6.45) is -1.59. The van der Waals surface area contributed by atoms with Crippen molar-refractivity contribution >= 4 is 35.5 Å². The number of halogens is 3. The Hall–Kier alpha value is -2.94. The van der Waals surface area contributed by atoms with Gasteiger partial charge in [0.1, 0.15) is 17.2 Å². The van der Waals surface area contributed by atoms with E-state index in [0.717, 1.165) is 38.5 Å². The molecule has 15 heteroatoms. The van der Waals surface area contributed by atoms with Gasteiger partial charge in [-0.2, -0.15) is 18.2 Å². The summed E-state index contributed by atoms with van der Waals surface area (Å²) in [6, 6.07) is 0.0379. The van der Waals surface area contributed by atoms with Crippen LogP contribution in [0.5, 0.6) is 0 Å². The van der Waals surface area contributed by atoms with Crippen molar-refractivity contribution in [3.8, 4) is 0 Å². The SMILES string of the molecule is CN1CCC(N2C(Nc3ncc(C(F)(F)F)c(NCCCN4CCCOC4=O)n3)=CSC2C(N)=O)CC1. The number of amides is 2. The Labute approximate surface area is 217 Å². The third-order valence-electron chi connectivity index (χ3n) is 6.45. The summed E-state index contributed by atoms with van der Waals surface area (Å²) in [4.78, 5) is 37.4. The highest BCUT2D eigenvalue weighted by Gasteiger charge is 2.39. The topological polar surface area (TPSA) is 129 Å². The molecule has 4 heterocycles. The van der Waals surface area contributed by atoms with E-state index in [1.54, 1.807) is 5.41 Å². The van der Waals surface area contributed by atoms with E-state index in [2.05, 4.69) is 25.5 Å². The van der Waals surface area contributed by atoms with Gasteiger partial charge in [0.15, 0.2) is 5.37 Å². The molecule has 204 valence electrons. The lowest BCUT2D eigenvalue weighted by Gasteiger charge is -2.39. The standard InChI is InChI=1S/C22H31F3N8O3S/c1-31-9-4-14(5-10-31)33-16(13-37-19(33)17(26)34)29-20-28-12-15(22(23,24)25)18(30-20)27-6-2-7-32-8-3-11-36-21(32)35/h12-14,19H,2-11H2,1H3,(H2,26,34)(H2,27,28,29,30). The van der Waals surface area contributed by atoms with Crippen molar-refractivity contribution < 1.29 is 27.5 Å². The Kier molecular flexibility index (Phi) is 8.52. The van der Waals surface area contributed by atoms with Crippen LogP contribution in [-0.4, -0.2) is 94.5 Å². The van der Waals surface area contributed by atoms with Crippen LogP contribution in [0, 0.1) is 0 Å². The van der Waals surface area contributed by atoms with Gasteiger partial charge in [0.05, 0.1) is 6.61 Å². The number of anilines is 2. The molecule has 1 atom stereocenters. The number of hydrogen-bond acceptors (Lipinski definition) is 10. The van der Waals surface area contributed by atoms with E-state index in [1.165, 1.54) is 16.7 Å². The quantitative estimate of drug-likeness (QED) is 0.398. The molecular weight excluding hydrogens is 513 g/mol. The van der Waals surface area contributed by atoms with Crippen LogP contribution in [-0.2, 0) is 15.7 Å². The zero-order valence-electron chi connectivity index (χ0n) is 20.5. The number of aromatic nitrogens is 2. The van der Waals surface area contributed by atoms with Crippen molar-refractivity contribution in [3.63, 3.8) is 0 Å². The fourth-order valence-electron chi connectivity index (χ4n) is 4.52. The first kappa shape index (κ1) is 27.1. The van der Waals surface area contributed by atoms with Crippen molar-refractivity contribution in [2.75, 3.05) is 57.0 Å². The van der Waals surface area contributed by atoms with Crippen LogP contribution in [0.2, 0.25) is 0 Å². The molecule has 2 fully saturated rings. The monoisotopic (exact) mass is 544 g/mol. The predicted molar refractivity (Wildman–Crippen MR) is 132 cm³/mol. The van der Waals surface area contributed by atoms with Gasteiger partial charge in [-0.05, 0) is 45.8 Å². The number of carbonyl (C=O) groups is 2. The molecule has 0 bridgehead atoms. The van der Waals surface area contributed by atoms with Gasteiger partial charge in [-0.3, -0.25) is 4.79 Å². The maximum atomic E-state index is 13.6. The Morgan fingerprint density at radius 1 is 1.30 bits per heavy atom. The van der Waals surface area contributed by atoms with Crippen LogP contribution < -0.4 is 16.4 Å². The lowest BCUT2D eigenvalue weighted by atomic mass is 10.0. The molecule has 0 radical (unpaired) electrons. The predicted octanol–water partition coefficient (Wildman–Crippen LogP) is 2.30. The second-order valence-electron chi connectivity index (χ2n) is 9.15. The lowest BCUT2D eigenvalue weighted by molar-refractivity contribution is -0.137. The van der Waals surface area contributed by atoms with Gasteiger partial charge in [0.25, 0.3) is 5.91 Å². The molecule has 4 N–H and O–H groups in total. The number of likely N-dealkylation sites (tertiary alicyclic amines) is 1. The third kappa shape index (κ3) is 6.69. The largest absolute Gasteiger partial charge is 0.449 e. The first-order valence-electron chi connectivity index (χ1n) is 12.1. The van der Waals surface area contributed by atoms with Crippen LogP contribution in [0.1, 0.15) is 31.2 Å². The highest BCUT2D eigenvalue weighted by Crippen LogP contribution is 2.37. The van der Waals surface area contributed by atoms with Gasteiger partial charge >= 0.3 is 12.3 Å². The molecule has 0 aromatic carbocycles. The highest BCUT2D eigenvalue weighted by atomic mass is 32.2. The molecule has 0 aliphatic carbocycles. The summed E-state index contributed by atoms with van der Waals surface area (Å²) in [5.74, 6) is -0.372. The first-order chi connectivity index (χ1) is 17.6. The summed E-state index contributed by atoms with van der Waals surface area (Å²) >= 11 is 1.24. The fraction of sp³-hybridized carbons (Fsp3) is 0.636. The number of nitrogens with one attached hydrogen (secondary N) is 2. The number of alkyl halides is 3. The summed E-state index contributed by atoms with van der Waals surface area (Å²) in [7, 11) is 2.03. The summed E-state index contributed by atoms with van der Waals surface area (Å²) in [5.41, 5.74) is 4.64. The van der Waals surface area contributed by atoms with Gasteiger partial charge in [0.2, 0.25) is 5.95 Å². The minimum atomic E-state index is -4.66. The second kappa shape index (κ2) is 11.6. The Balaban J connectivity index is 1.45. The number of nitrogens with two attached hydrogens (primary N) is 1. The summed E-state index contributed by atoms with van der Waals surface area (Å²) in [6.45, 7) is 3.15. The van der Waals surface area contributed by atoms with Crippen LogP contribution in [0.25, 0.3) is 0 Å². The summed E-state index contributed by atoms with van der Waals surface area (Å²) < 4.78 is 45.8. The first-order valence-corrected chi connectivity index (χ1v) is 13.1. The lowest BCUT2D eigenvalue weighted by Crippen LogP contribution is -2.50. The number of ether oxygens (including phenoxy) is 1. The number of carbonyl (C=O) groups excluding carboxylic acids is 2. The average Bonchev–Trinajstić information content (AvgIpc) is 3.26. The number of nitrogens with zero attached hydrogens (tertiary/aromatic N) is 5. The van der Waals surface area contributed by atoms with E-state index in [-0.39, 0.29) is 24.4 Å². The minimum Gasteiger partial charge on any atom is -0.449 e. The molecule has 0 saturated carbocycles. The molecule has 2 amide bonds. The zero-order valence-corrected chi connectivity index (χ0v) is 21.3. The molecule has 0 spiro atoms. The number of hydrogen-bond donors (Lipinski definition) is 3. The molecule has 1 aromatic heterocycles. The van der Waals surface area contributed by atoms with E-state index >= 15 is 0 Å². The van der Waals surface area contributed by atoms with Crippen molar-refractivity contribution in [1.29, 1.82) is 0 Å². The average molecular weight is 545 g/mol. The maximum Gasteiger partial charge on any atom is 0.421 e. The van der Waals surface area contributed by atoms with Gasteiger partial charge in [-0.25, -0.2) is 9.78 Å². The van der Waals surface area contributed by atoms with E-state index in [4.69, 9.17) is 10.5 Å². The van der Waals surface area contributed by atoms with E-state index in [9.17, 15) is 22.8 Å². The highest BCUT2D eigenvalue weighted by molar-refractivity contribution is 8.03. The zero-order chi connectivity index (χ0) is 26.6. The van der Waals surface area contributed by atoms with Crippen LogP contribution in [0.3, 0.4) is 0 Å². The normalized spacial score (nSPS) is 21.6. The number of primary amides is 1. The van der Waals surface area contributed by atoms with Crippen molar-refractivity contribution in [2.24, 2.45) is 5.73 Å². The molecule has 3 aliphatic heterocycles. The Bertz CT molecular complexity index is 1020. The molecule has 3 aliphatic rings. The van der Waals surface area contributed by atoms with Gasteiger partial charge in [-0.1, -0.05) is 11.8 Å².